The summed E-state index contributed by atoms with van der Waals surface area (Å²) in [6.07, 6.45) is 2.24. The van der Waals surface area contributed by atoms with Gasteiger partial charge < -0.3 is 14.6 Å². The van der Waals surface area contributed by atoms with E-state index >= 15 is 4.39 Å². The number of carbonyl (C=O) groups excluding carboxylic acids is 3. The van der Waals surface area contributed by atoms with E-state index in [1.54, 1.807) is 13.0 Å². The number of halogens is 2. The summed E-state index contributed by atoms with van der Waals surface area (Å²) in [5.74, 6) is -3.14. The van der Waals surface area contributed by atoms with Crippen molar-refractivity contribution in [1.82, 2.24) is 0 Å². The lowest BCUT2D eigenvalue weighted by Crippen LogP contribution is -2.70. The maximum absolute atomic E-state index is 15.8. The molecule has 0 aromatic carbocycles. The van der Waals surface area contributed by atoms with Crippen LogP contribution in [-0.4, -0.2) is 52.7 Å². The van der Waals surface area contributed by atoms with Crippen LogP contribution < -0.4 is 0 Å². The normalized spacial score (nSPS) is 48.3. The Hall–Kier alpha value is -1.73. The Kier molecular flexibility index (Phi) is 5.81. The second-order valence-corrected chi connectivity index (χ2v) is 14.6. The van der Waals surface area contributed by atoms with Crippen molar-refractivity contribution in [2.75, 3.05) is 7.11 Å². The van der Waals surface area contributed by atoms with Crippen molar-refractivity contribution in [3.8, 4) is 0 Å². The van der Waals surface area contributed by atoms with Crippen LogP contribution in [0.2, 0.25) is 0 Å². The van der Waals surface area contributed by atoms with Crippen LogP contribution in [0.5, 0.6) is 0 Å². The Balaban J connectivity index is 1.61. The minimum Gasteiger partial charge on any atom is -0.466 e. The molecule has 0 radical (unpaired) electrons. The van der Waals surface area contributed by atoms with E-state index in [-0.39, 0.29) is 40.9 Å². The lowest BCUT2D eigenvalue weighted by atomic mass is 9.45. The third-order valence-corrected chi connectivity index (χ3v) is 13.1. The molecule has 0 aliphatic heterocycles. The molecule has 4 saturated carbocycles. The summed E-state index contributed by atoms with van der Waals surface area (Å²) < 4.78 is 27.5. The van der Waals surface area contributed by atoms with E-state index in [1.807, 2.05) is 41.5 Å². The lowest BCUT2D eigenvalue weighted by molar-refractivity contribution is -0.217. The van der Waals surface area contributed by atoms with Crippen molar-refractivity contribution in [3.63, 3.8) is 0 Å². The molecule has 210 valence electrons. The van der Waals surface area contributed by atoms with Gasteiger partial charge in [-0.2, -0.15) is 0 Å². The molecular weight excluding hydrogens is 511 g/mol. The van der Waals surface area contributed by atoms with Gasteiger partial charge in [-0.3, -0.25) is 9.59 Å². The smallest absolute Gasteiger partial charge is 0.351 e. The van der Waals surface area contributed by atoms with Gasteiger partial charge in [0.25, 0.3) is 0 Å². The van der Waals surface area contributed by atoms with Crippen molar-refractivity contribution in [2.24, 2.45) is 45.3 Å². The first-order chi connectivity index (χ1) is 17.4. The topological polar surface area (TPSA) is 89.9 Å². The maximum atomic E-state index is 15.8. The molecule has 0 amide bonds. The molecule has 0 spiro atoms. The number of ether oxygens (including phenoxy) is 2. The molecule has 1 N–H and O–H groups in total. The average Bonchev–Trinajstić information content (AvgIpc) is 3.13. The van der Waals surface area contributed by atoms with E-state index in [0.29, 0.717) is 6.42 Å². The summed E-state index contributed by atoms with van der Waals surface area (Å²) in [6.45, 7) is 13.5. The largest absolute Gasteiger partial charge is 0.466 e. The van der Waals surface area contributed by atoms with E-state index in [1.165, 1.54) is 19.3 Å². The van der Waals surface area contributed by atoms with Crippen molar-refractivity contribution >= 4 is 29.3 Å². The summed E-state index contributed by atoms with van der Waals surface area (Å²) in [4.78, 5) is 38.2. The number of hydrogen-bond acceptors (Lipinski definition) is 6. The molecule has 0 saturated heterocycles. The molecule has 9 atom stereocenters. The van der Waals surface area contributed by atoms with Gasteiger partial charge in [0, 0.05) is 16.7 Å². The highest BCUT2D eigenvalue weighted by Crippen LogP contribution is 2.74. The first-order valence-electron chi connectivity index (χ1n) is 13.7. The molecule has 1 unspecified atom stereocenters. The number of fused-ring (bicyclic) bond motifs is 5. The van der Waals surface area contributed by atoms with Crippen molar-refractivity contribution in [3.05, 3.63) is 23.8 Å². The first-order valence-corrected chi connectivity index (χ1v) is 14.0. The van der Waals surface area contributed by atoms with Crippen molar-refractivity contribution in [2.45, 2.75) is 90.5 Å². The second kappa shape index (κ2) is 7.93. The zero-order valence-corrected chi connectivity index (χ0v) is 24.3. The van der Waals surface area contributed by atoms with Gasteiger partial charge in [-0.25, -0.2) is 9.18 Å². The zero-order valence-electron chi connectivity index (χ0n) is 23.6. The minimum absolute atomic E-state index is 0.00393. The average molecular weight is 551 g/mol. The van der Waals surface area contributed by atoms with Crippen LogP contribution in [-0.2, 0) is 23.9 Å². The number of ketones is 1. The molecular formula is C30H40ClFO6. The summed E-state index contributed by atoms with van der Waals surface area (Å²) in [5, 5.41) is 11.8. The van der Waals surface area contributed by atoms with Crippen molar-refractivity contribution in [1.29, 1.82) is 0 Å². The van der Waals surface area contributed by atoms with Gasteiger partial charge in [-0.15, -0.1) is 11.6 Å². The monoisotopic (exact) mass is 550 g/mol. The number of methoxy groups -OCH3 is 1. The number of aliphatic hydroxyl groups excluding tert-OH is 1. The molecule has 8 heteroatoms. The third kappa shape index (κ3) is 2.96. The van der Waals surface area contributed by atoms with E-state index < -0.39 is 63.3 Å². The number of rotatable bonds is 3. The van der Waals surface area contributed by atoms with Crippen LogP contribution in [0.25, 0.3) is 0 Å². The SMILES string of the molecule is COC(=O)[C@@]1(OC(=O)C2C(C)(C)C2(C)C)[C@H](C)C[C@H]2[C@@H]3C[C@H](F)C4=CC(=O)C=C[C@]4(C)C3(Cl)[C@@H](O)C[C@@]21C. The minimum atomic E-state index is -1.65. The van der Waals surface area contributed by atoms with Crippen LogP contribution >= 0.6 is 11.6 Å². The molecule has 6 nitrogen and oxygen atoms in total. The Morgan fingerprint density at radius 1 is 1.08 bits per heavy atom. The van der Waals surface area contributed by atoms with Crippen LogP contribution in [0.3, 0.4) is 0 Å². The first kappa shape index (κ1) is 27.8. The summed E-state index contributed by atoms with van der Waals surface area (Å²) >= 11 is 7.44. The van der Waals surface area contributed by atoms with Gasteiger partial charge in [0.2, 0.25) is 5.60 Å². The maximum Gasteiger partial charge on any atom is 0.351 e. The van der Waals surface area contributed by atoms with Gasteiger partial charge in [-0.05, 0) is 59.7 Å². The molecule has 5 aliphatic carbocycles. The molecule has 4 fully saturated rings. The Bertz CT molecular complexity index is 1160. The molecule has 0 aromatic rings. The lowest BCUT2D eigenvalue weighted by Gasteiger charge is -2.64. The molecule has 0 aromatic heterocycles. The highest BCUT2D eigenvalue weighted by Gasteiger charge is 2.79. The summed E-state index contributed by atoms with van der Waals surface area (Å²) in [7, 11) is 1.28. The predicted molar refractivity (Wildman–Crippen MR) is 140 cm³/mol. The number of carbonyl (C=O) groups is 3. The molecule has 0 bridgehead atoms. The van der Waals surface area contributed by atoms with E-state index in [9.17, 15) is 19.5 Å². The molecule has 38 heavy (non-hydrogen) atoms. The van der Waals surface area contributed by atoms with E-state index in [2.05, 4.69) is 0 Å². The fourth-order valence-corrected chi connectivity index (χ4v) is 9.86. The van der Waals surface area contributed by atoms with Crippen LogP contribution in [0.1, 0.15) is 67.7 Å². The molecule has 5 rings (SSSR count). The number of esters is 2. The highest BCUT2D eigenvalue weighted by atomic mass is 35.5. The number of hydrogen-bond donors (Lipinski definition) is 1. The molecule has 5 aliphatic rings. The Morgan fingerprint density at radius 3 is 2.24 bits per heavy atom. The summed E-state index contributed by atoms with van der Waals surface area (Å²) in [6, 6.07) is 0. The van der Waals surface area contributed by atoms with E-state index in [0.717, 1.165) is 0 Å². The van der Waals surface area contributed by atoms with Crippen LogP contribution in [0, 0.1) is 45.3 Å². The Morgan fingerprint density at radius 2 is 1.68 bits per heavy atom. The quantitative estimate of drug-likeness (QED) is 0.395. The van der Waals surface area contributed by atoms with Crippen molar-refractivity contribution < 1.29 is 33.4 Å². The standard InChI is InChI=1S/C30H40ClFO6/c1-15-11-17-18-13-20(32)19-12-16(33)9-10-27(19,6)29(18,31)21(34)14-28(17,7)30(15,24(36)37-8)38-23(35)22-25(2,3)26(22,4)5/h9-10,12,15,17-18,20-22,34H,11,13-14H2,1-8H3/t15-,17+,18+,20+,21+,27+,28+,29?,30+/m1/s1. The number of alkyl halides is 2. The molecule has 0 heterocycles. The van der Waals surface area contributed by atoms with Gasteiger partial charge >= 0.3 is 11.9 Å². The fraction of sp³-hybridized carbons (Fsp3) is 0.767. The second-order valence-electron chi connectivity index (χ2n) is 14.0. The third-order valence-electron chi connectivity index (χ3n) is 12.2. The number of allylic oxidation sites excluding steroid dienone is 4. The van der Waals surface area contributed by atoms with Gasteiger partial charge in [-0.1, -0.05) is 54.5 Å². The van der Waals surface area contributed by atoms with Gasteiger partial charge in [0.1, 0.15) is 6.17 Å². The number of aliphatic hydroxyl groups is 1. The van der Waals surface area contributed by atoms with E-state index in [4.69, 9.17) is 21.1 Å². The van der Waals surface area contributed by atoms with Gasteiger partial charge in [0.15, 0.2) is 5.78 Å². The van der Waals surface area contributed by atoms with Crippen LogP contribution in [0.4, 0.5) is 4.39 Å². The fourth-order valence-electron chi connectivity index (χ4n) is 9.37. The van der Waals surface area contributed by atoms with Gasteiger partial charge in [0.05, 0.1) is 24.0 Å². The van der Waals surface area contributed by atoms with Crippen LogP contribution in [0.15, 0.2) is 23.8 Å². The highest BCUT2D eigenvalue weighted by molar-refractivity contribution is 6.26. The zero-order chi connectivity index (χ0) is 28.4. The predicted octanol–water partition coefficient (Wildman–Crippen LogP) is 4.96. The Labute approximate surface area is 229 Å². The summed E-state index contributed by atoms with van der Waals surface area (Å²) in [5.41, 5.74) is -4.11.